The van der Waals surface area contributed by atoms with E-state index in [2.05, 4.69) is 28.0 Å². The quantitative estimate of drug-likeness (QED) is 0.272. The minimum absolute atomic E-state index is 0.0675. The zero-order valence-corrected chi connectivity index (χ0v) is 26.2. The zero-order valence-electron chi connectivity index (χ0n) is 26.2. The predicted molar refractivity (Wildman–Crippen MR) is 176 cm³/mol. The number of terminal acetylenes is 1. The van der Waals surface area contributed by atoms with Gasteiger partial charge < -0.3 is 24.8 Å². The van der Waals surface area contributed by atoms with Gasteiger partial charge in [-0.3, -0.25) is 9.88 Å². The topological polar surface area (TPSA) is 95.9 Å². The molecule has 238 valence electrons. The smallest absolute Gasteiger partial charge is 0.319 e. The Labute approximate surface area is 268 Å². The summed E-state index contributed by atoms with van der Waals surface area (Å²) >= 11 is 0. The van der Waals surface area contributed by atoms with E-state index in [0.29, 0.717) is 53.0 Å². The molecule has 4 aliphatic rings. The monoisotopic (exact) mass is 622 g/mol. The van der Waals surface area contributed by atoms with Crippen molar-refractivity contribution in [3.63, 3.8) is 0 Å². The number of halogens is 1. The number of pyridine rings is 1. The molecule has 2 aromatic carbocycles. The third-order valence-electron chi connectivity index (χ3n) is 10.3. The van der Waals surface area contributed by atoms with Crippen molar-refractivity contribution in [3.05, 3.63) is 47.4 Å². The lowest BCUT2D eigenvalue weighted by Gasteiger charge is -2.34. The maximum absolute atomic E-state index is 15.0. The van der Waals surface area contributed by atoms with E-state index in [0.717, 1.165) is 94.1 Å². The Morgan fingerprint density at radius 1 is 1.11 bits per heavy atom. The number of nitrogens with one attached hydrogen (secondary N) is 1. The van der Waals surface area contributed by atoms with Gasteiger partial charge in [0, 0.05) is 67.4 Å². The molecule has 1 saturated carbocycles. The maximum atomic E-state index is 15.0. The van der Waals surface area contributed by atoms with Gasteiger partial charge in [0.25, 0.3) is 0 Å². The van der Waals surface area contributed by atoms with Gasteiger partial charge in [0.2, 0.25) is 0 Å². The van der Waals surface area contributed by atoms with Crippen LogP contribution in [-0.2, 0) is 11.2 Å². The highest BCUT2D eigenvalue weighted by atomic mass is 19.1. The van der Waals surface area contributed by atoms with Gasteiger partial charge >= 0.3 is 6.01 Å². The number of morpholine rings is 1. The zero-order chi connectivity index (χ0) is 31.4. The molecule has 2 aromatic heterocycles. The van der Waals surface area contributed by atoms with Crippen LogP contribution in [0.25, 0.3) is 32.9 Å². The van der Waals surface area contributed by atoms with Crippen molar-refractivity contribution in [2.24, 2.45) is 5.41 Å². The first-order valence-electron chi connectivity index (χ1n) is 16.5. The van der Waals surface area contributed by atoms with Crippen LogP contribution in [-0.4, -0.2) is 89.6 Å². The minimum Gasteiger partial charge on any atom is -0.508 e. The van der Waals surface area contributed by atoms with Gasteiger partial charge in [0.05, 0.1) is 25.4 Å². The number of aromatic hydroxyl groups is 1. The van der Waals surface area contributed by atoms with E-state index in [9.17, 15) is 9.50 Å². The summed E-state index contributed by atoms with van der Waals surface area (Å²) in [5.41, 5.74) is 3.99. The normalized spacial score (nSPS) is 22.3. The molecule has 46 heavy (non-hydrogen) atoms. The van der Waals surface area contributed by atoms with Crippen LogP contribution in [0.3, 0.4) is 0 Å². The van der Waals surface area contributed by atoms with E-state index >= 15 is 0 Å². The average molecular weight is 623 g/mol. The van der Waals surface area contributed by atoms with Crippen LogP contribution in [0.15, 0.2) is 30.5 Å². The highest BCUT2D eigenvalue weighted by molar-refractivity contribution is 6.04. The Kier molecular flexibility index (Phi) is 7.43. The molecule has 2 N–H and O–H groups in total. The third kappa shape index (κ3) is 5.30. The number of benzene rings is 2. The van der Waals surface area contributed by atoms with Gasteiger partial charge in [0.1, 0.15) is 22.6 Å². The van der Waals surface area contributed by atoms with Crippen LogP contribution >= 0.6 is 0 Å². The number of fused-ring (bicyclic) bond motifs is 4. The van der Waals surface area contributed by atoms with E-state index in [1.165, 1.54) is 6.07 Å². The average Bonchev–Trinajstić information content (AvgIpc) is 3.76. The molecule has 0 amide bonds. The van der Waals surface area contributed by atoms with Crippen LogP contribution in [0.2, 0.25) is 0 Å². The number of hydrogen-bond donors (Lipinski definition) is 2. The number of nitrogens with zero attached hydrogens (tertiary/aromatic N) is 5. The second kappa shape index (κ2) is 11.6. The van der Waals surface area contributed by atoms with Crippen molar-refractivity contribution in [1.82, 2.24) is 25.2 Å². The number of aromatic nitrogens is 3. The van der Waals surface area contributed by atoms with E-state index in [-0.39, 0.29) is 16.7 Å². The summed E-state index contributed by atoms with van der Waals surface area (Å²) in [6.45, 7) is 8.76. The largest absolute Gasteiger partial charge is 0.508 e. The van der Waals surface area contributed by atoms with Crippen LogP contribution in [0.1, 0.15) is 43.7 Å². The highest BCUT2D eigenvalue weighted by Crippen LogP contribution is 2.47. The van der Waals surface area contributed by atoms with Gasteiger partial charge in [-0.2, -0.15) is 9.97 Å². The van der Waals surface area contributed by atoms with E-state index < -0.39 is 5.82 Å². The number of phenols is 1. The number of anilines is 1. The molecule has 0 spiro atoms. The molecule has 3 aliphatic heterocycles. The Bertz CT molecular complexity index is 1850. The first-order valence-corrected chi connectivity index (χ1v) is 16.5. The molecule has 0 radical (unpaired) electrons. The summed E-state index contributed by atoms with van der Waals surface area (Å²) in [4.78, 5) is 19.8. The standard InChI is InChI=1S/C36H39FN6O3/c1-3-26-29(28-16-25(44)15-22-5-8-30(37)27(4-2)31(22)28)17-38-33-32(26)40-35(41-34(33)43-18-23-6-7-24(19-43)39-23)46-21-36(9-10-36)20-42-11-13-45-14-12-42/h2,5,8,15-17,23-24,39,44H,3,6-7,9-14,18-21H2,1H3. The Morgan fingerprint density at radius 3 is 2.61 bits per heavy atom. The van der Waals surface area contributed by atoms with Gasteiger partial charge in [-0.1, -0.05) is 18.9 Å². The van der Waals surface area contributed by atoms with Gasteiger partial charge in [-0.05, 0) is 66.8 Å². The van der Waals surface area contributed by atoms with Crippen molar-refractivity contribution in [1.29, 1.82) is 0 Å². The van der Waals surface area contributed by atoms with Crippen LogP contribution in [0.4, 0.5) is 10.2 Å². The molecular weight excluding hydrogens is 583 g/mol. The highest BCUT2D eigenvalue weighted by Gasteiger charge is 2.45. The van der Waals surface area contributed by atoms with Gasteiger partial charge in [-0.15, -0.1) is 6.42 Å². The number of phenolic OH excluding ortho intramolecular Hbond substituents is 1. The van der Waals surface area contributed by atoms with Crippen molar-refractivity contribution >= 4 is 27.6 Å². The molecule has 8 rings (SSSR count). The third-order valence-corrected chi connectivity index (χ3v) is 10.3. The number of ether oxygens (including phenoxy) is 2. The first kappa shape index (κ1) is 29.4. The van der Waals surface area contributed by atoms with Crippen LogP contribution in [0.5, 0.6) is 11.8 Å². The van der Waals surface area contributed by atoms with E-state index in [1.807, 2.05) is 0 Å². The van der Waals surface area contributed by atoms with E-state index in [4.69, 9.17) is 30.8 Å². The van der Waals surface area contributed by atoms with Crippen LogP contribution in [0, 0.1) is 23.6 Å². The van der Waals surface area contributed by atoms with Crippen molar-refractivity contribution in [3.8, 4) is 35.2 Å². The molecule has 9 nitrogen and oxygen atoms in total. The Hall–Kier alpha value is -4.04. The second-order valence-electron chi connectivity index (χ2n) is 13.4. The number of piperazine rings is 1. The summed E-state index contributed by atoms with van der Waals surface area (Å²) in [5, 5.41) is 15.7. The molecule has 4 aromatic rings. The molecule has 5 heterocycles. The summed E-state index contributed by atoms with van der Waals surface area (Å²) in [7, 11) is 0. The number of rotatable bonds is 8. The van der Waals surface area contributed by atoms with Crippen molar-refractivity contribution in [2.75, 3.05) is 57.4 Å². The Balaban J connectivity index is 1.24. The van der Waals surface area contributed by atoms with Crippen LogP contribution < -0.4 is 15.0 Å². The molecule has 2 unspecified atom stereocenters. The minimum atomic E-state index is -0.478. The second-order valence-corrected chi connectivity index (χ2v) is 13.4. The summed E-state index contributed by atoms with van der Waals surface area (Å²) in [6, 6.07) is 7.41. The maximum Gasteiger partial charge on any atom is 0.319 e. The fraction of sp³-hybridized carbons (Fsp3) is 0.472. The van der Waals surface area contributed by atoms with Crippen molar-refractivity contribution in [2.45, 2.75) is 51.1 Å². The fourth-order valence-electron chi connectivity index (χ4n) is 7.69. The molecule has 3 saturated heterocycles. The number of hydrogen-bond acceptors (Lipinski definition) is 9. The molecule has 1 aliphatic carbocycles. The summed E-state index contributed by atoms with van der Waals surface area (Å²) in [6.07, 6.45) is 12.8. The van der Waals surface area contributed by atoms with Gasteiger partial charge in [0.15, 0.2) is 5.82 Å². The SMILES string of the molecule is C#Cc1c(F)ccc2cc(O)cc(-c3cnc4c(N5CC6CCC(C5)N6)nc(OCC5(CN6CCOCC6)CC5)nc4c3CC)c12. The molecule has 2 bridgehead atoms. The van der Waals surface area contributed by atoms with Crippen molar-refractivity contribution < 1.29 is 19.0 Å². The lowest BCUT2D eigenvalue weighted by Crippen LogP contribution is -2.51. The van der Waals surface area contributed by atoms with E-state index in [1.54, 1.807) is 24.4 Å². The molecule has 4 fully saturated rings. The molecule has 2 atom stereocenters. The molecule has 10 heteroatoms. The van der Waals surface area contributed by atoms with Gasteiger partial charge in [-0.25, -0.2) is 4.39 Å². The first-order chi connectivity index (χ1) is 22.4. The lowest BCUT2D eigenvalue weighted by atomic mass is 9.91. The summed E-state index contributed by atoms with van der Waals surface area (Å²) < 4.78 is 27.0. The predicted octanol–water partition coefficient (Wildman–Crippen LogP) is 4.67. The lowest BCUT2D eigenvalue weighted by molar-refractivity contribution is 0.0231. The number of aryl methyl sites for hydroxylation is 1. The summed E-state index contributed by atoms with van der Waals surface area (Å²) in [5.74, 6) is 2.91. The molecular formula is C36H39FN6O3. The Morgan fingerprint density at radius 2 is 1.89 bits per heavy atom. The fourth-order valence-corrected chi connectivity index (χ4v) is 7.69.